The maximum Gasteiger partial charge on any atom is 0.232 e. The van der Waals surface area contributed by atoms with Crippen LogP contribution in [0, 0.1) is 5.92 Å². The minimum Gasteiger partial charge on any atom is -0.377 e. The van der Waals surface area contributed by atoms with Crippen LogP contribution in [-0.4, -0.2) is 37.6 Å². The van der Waals surface area contributed by atoms with E-state index in [0.29, 0.717) is 28.5 Å². The standard InChI is InChI=1S/C32H34Cl2N4O/c1-38(2)29-19-30(37-28-6-4-3-5-27(28)29)36-26-17-7-21(8-18-26)20-35-32(39)31(22-9-13-24(33)14-10-22)23-11-15-25(34)16-12-23/h3-6,9-16,19,21,26,31H,7-8,17-18,20H2,1-2H3,(H,35,39)(H,36,37)/t21-,26+. The molecule has 1 heterocycles. The van der Waals surface area contributed by atoms with Gasteiger partial charge in [0.05, 0.1) is 11.4 Å². The van der Waals surface area contributed by atoms with E-state index in [-0.39, 0.29) is 5.91 Å². The van der Waals surface area contributed by atoms with Crippen molar-refractivity contribution in [3.63, 3.8) is 0 Å². The number of fused-ring (bicyclic) bond motifs is 1. The number of para-hydroxylation sites is 1. The Bertz CT molecular complexity index is 1370. The van der Waals surface area contributed by atoms with Crippen LogP contribution in [0.3, 0.4) is 0 Å². The second kappa shape index (κ2) is 12.3. The number of amides is 1. The number of hydrogen-bond donors (Lipinski definition) is 2. The van der Waals surface area contributed by atoms with Gasteiger partial charge in [-0.15, -0.1) is 0 Å². The molecule has 1 aromatic heterocycles. The van der Waals surface area contributed by atoms with Crippen molar-refractivity contribution in [1.29, 1.82) is 0 Å². The molecule has 0 bridgehead atoms. The molecule has 202 valence electrons. The van der Waals surface area contributed by atoms with Gasteiger partial charge in [0.15, 0.2) is 0 Å². The summed E-state index contributed by atoms with van der Waals surface area (Å²) in [6, 6.07) is 25.8. The summed E-state index contributed by atoms with van der Waals surface area (Å²) in [5.41, 5.74) is 3.98. The molecule has 0 unspecified atom stereocenters. The largest absolute Gasteiger partial charge is 0.377 e. The Kier molecular flexibility index (Phi) is 8.59. The molecule has 0 spiro atoms. The van der Waals surface area contributed by atoms with E-state index in [1.807, 2.05) is 54.6 Å². The highest BCUT2D eigenvalue weighted by Crippen LogP contribution is 2.31. The van der Waals surface area contributed by atoms with Crippen LogP contribution in [0.15, 0.2) is 78.9 Å². The highest BCUT2D eigenvalue weighted by Gasteiger charge is 2.26. The summed E-state index contributed by atoms with van der Waals surface area (Å²) in [5.74, 6) is 0.951. The maximum atomic E-state index is 13.5. The van der Waals surface area contributed by atoms with Gasteiger partial charge in [-0.05, 0) is 73.1 Å². The van der Waals surface area contributed by atoms with Crippen LogP contribution in [0.25, 0.3) is 10.9 Å². The van der Waals surface area contributed by atoms with Gasteiger partial charge in [0, 0.05) is 53.9 Å². The molecule has 4 aromatic rings. The molecular weight excluding hydrogens is 527 g/mol. The van der Waals surface area contributed by atoms with Crippen molar-refractivity contribution in [2.24, 2.45) is 5.92 Å². The first-order valence-corrected chi connectivity index (χ1v) is 14.3. The Labute approximate surface area is 240 Å². The van der Waals surface area contributed by atoms with E-state index in [9.17, 15) is 4.79 Å². The number of benzene rings is 3. The summed E-state index contributed by atoms with van der Waals surface area (Å²) in [4.78, 5) is 20.5. The van der Waals surface area contributed by atoms with Crippen molar-refractivity contribution in [2.45, 2.75) is 37.6 Å². The summed E-state index contributed by atoms with van der Waals surface area (Å²) in [5, 5.41) is 9.37. The lowest BCUT2D eigenvalue weighted by Gasteiger charge is -2.30. The third-order valence-corrected chi connectivity index (χ3v) is 8.11. The lowest BCUT2D eigenvalue weighted by Crippen LogP contribution is -2.36. The van der Waals surface area contributed by atoms with Crippen molar-refractivity contribution in [2.75, 3.05) is 30.9 Å². The highest BCUT2D eigenvalue weighted by molar-refractivity contribution is 6.30. The van der Waals surface area contributed by atoms with Gasteiger partial charge in [-0.25, -0.2) is 4.98 Å². The number of nitrogens with one attached hydrogen (secondary N) is 2. The minimum atomic E-state index is -0.414. The number of anilines is 2. The van der Waals surface area contributed by atoms with Gasteiger partial charge in [0.2, 0.25) is 5.91 Å². The molecular formula is C32H34Cl2N4O. The Morgan fingerprint density at radius 3 is 2.08 bits per heavy atom. The molecule has 39 heavy (non-hydrogen) atoms. The summed E-state index contributed by atoms with van der Waals surface area (Å²) in [6.07, 6.45) is 4.20. The number of halogens is 2. The quantitative estimate of drug-likeness (QED) is 0.234. The Balaban J connectivity index is 1.19. The molecule has 0 aliphatic heterocycles. The van der Waals surface area contributed by atoms with E-state index in [4.69, 9.17) is 28.2 Å². The van der Waals surface area contributed by atoms with Gasteiger partial charge in [-0.2, -0.15) is 0 Å². The van der Waals surface area contributed by atoms with Gasteiger partial charge >= 0.3 is 0 Å². The summed E-state index contributed by atoms with van der Waals surface area (Å²) in [7, 11) is 4.13. The van der Waals surface area contributed by atoms with Crippen molar-refractivity contribution >= 4 is 51.5 Å². The number of carbonyl (C=O) groups excluding carboxylic acids is 1. The Morgan fingerprint density at radius 1 is 0.897 bits per heavy atom. The van der Waals surface area contributed by atoms with E-state index < -0.39 is 5.92 Å². The molecule has 0 atom stereocenters. The first-order valence-electron chi connectivity index (χ1n) is 13.5. The molecule has 2 N–H and O–H groups in total. The lowest BCUT2D eigenvalue weighted by atomic mass is 9.85. The average Bonchev–Trinajstić information content (AvgIpc) is 2.94. The number of hydrogen-bond acceptors (Lipinski definition) is 4. The summed E-state index contributed by atoms with van der Waals surface area (Å²) in [6.45, 7) is 0.669. The number of nitrogens with zero attached hydrogens (tertiary/aromatic N) is 2. The molecule has 1 saturated carbocycles. The molecule has 3 aromatic carbocycles. The third-order valence-electron chi connectivity index (χ3n) is 7.61. The van der Waals surface area contributed by atoms with Crippen LogP contribution in [-0.2, 0) is 4.79 Å². The lowest BCUT2D eigenvalue weighted by molar-refractivity contribution is -0.121. The SMILES string of the molecule is CN(C)c1cc(N[C@H]2CC[C@@H](CNC(=O)C(c3ccc(Cl)cc3)c3ccc(Cl)cc3)CC2)nc2ccccc12. The smallest absolute Gasteiger partial charge is 0.232 e. The molecule has 1 aliphatic carbocycles. The minimum absolute atomic E-state index is 0.00327. The predicted molar refractivity (Wildman–Crippen MR) is 163 cm³/mol. The molecule has 0 radical (unpaired) electrons. The topological polar surface area (TPSA) is 57.3 Å². The van der Waals surface area contributed by atoms with Crippen molar-refractivity contribution < 1.29 is 4.79 Å². The molecule has 5 nitrogen and oxygen atoms in total. The van der Waals surface area contributed by atoms with Crippen molar-refractivity contribution in [1.82, 2.24) is 10.3 Å². The molecule has 5 rings (SSSR count). The monoisotopic (exact) mass is 560 g/mol. The average molecular weight is 562 g/mol. The molecule has 1 fully saturated rings. The van der Waals surface area contributed by atoms with E-state index in [2.05, 4.69) is 53.9 Å². The van der Waals surface area contributed by atoms with Crippen LogP contribution in [0.4, 0.5) is 11.5 Å². The van der Waals surface area contributed by atoms with Gasteiger partial charge in [0.25, 0.3) is 0 Å². The van der Waals surface area contributed by atoms with Crippen LogP contribution in [0.2, 0.25) is 10.0 Å². The number of pyridine rings is 1. The second-order valence-electron chi connectivity index (χ2n) is 10.6. The van der Waals surface area contributed by atoms with Gasteiger partial charge in [-0.3, -0.25) is 4.79 Å². The zero-order valence-electron chi connectivity index (χ0n) is 22.3. The number of rotatable bonds is 8. The normalized spacial score (nSPS) is 17.3. The van der Waals surface area contributed by atoms with E-state index in [1.165, 1.54) is 0 Å². The van der Waals surface area contributed by atoms with Crippen LogP contribution in [0.1, 0.15) is 42.7 Å². The molecule has 7 heteroatoms. The van der Waals surface area contributed by atoms with E-state index >= 15 is 0 Å². The fourth-order valence-electron chi connectivity index (χ4n) is 5.47. The molecule has 0 saturated heterocycles. The molecule has 1 amide bonds. The predicted octanol–water partition coefficient (Wildman–Crippen LogP) is 7.53. The van der Waals surface area contributed by atoms with Crippen molar-refractivity contribution in [3.8, 4) is 0 Å². The molecule has 1 aliphatic rings. The van der Waals surface area contributed by atoms with E-state index in [1.54, 1.807) is 0 Å². The van der Waals surface area contributed by atoms with Crippen LogP contribution in [0.5, 0.6) is 0 Å². The summed E-state index contributed by atoms with van der Waals surface area (Å²) >= 11 is 12.2. The number of carbonyl (C=O) groups is 1. The zero-order chi connectivity index (χ0) is 27.4. The Morgan fingerprint density at radius 2 is 1.49 bits per heavy atom. The Hall–Kier alpha value is -3.28. The van der Waals surface area contributed by atoms with Gasteiger partial charge in [-0.1, -0.05) is 65.7 Å². The fraction of sp³-hybridized carbons (Fsp3) is 0.312. The van der Waals surface area contributed by atoms with Crippen LogP contribution >= 0.6 is 23.2 Å². The third kappa shape index (κ3) is 6.66. The second-order valence-corrected chi connectivity index (χ2v) is 11.5. The van der Waals surface area contributed by atoms with E-state index in [0.717, 1.165) is 59.2 Å². The number of aromatic nitrogens is 1. The zero-order valence-corrected chi connectivity index (χ0v) is 23.8. The van der Waals surface area contributed by atoms with Crippen LogP contribution < -0.4 is 15.5 Å². The van der Waals surface area contributed by atoms with Crippen molar-refractivity contribution in [3.05, 3.63) is 100 Å². The maximum absolute atomic E-state index is 13.5. The fourth-order valence-corrected chi connectivity index (χ4v) is 5.73. The summed E-state index contributed by atoms with van der Waals surface area (Å²) < 4.78 is 0. The highest BCUT2D eigenvalue weighted by atomic mass is 35.5. The first kappa shape index (κ1) is 27.3. The first-order chi connectivity index (χ1) is 18.9. The van der Waals surface area contributed by atoms with Gasteiger partial charge in [0.1, 0.15) is 5.82 Å². The van der Waals surface area contributed by atoms with Gasteiger partial charge < -0.3 is 15.5 Å².